The van der Waals surface area contributed by atoms with E-state index in [0.29, 0.717) is 10.8 Å². The number of aryl methyl sites for hydroxylation is 1. The van der Waals surface area contributed by atoms with Crippen LogP contribution in [0.3, 0.4) is 0 Å². The van der Waals surface area contributed by atoms with Crippen molar-refractivity contribution >= 4 is 27.6 Å². The summed E-state index contributed by atoms with van der Waals surface area (Å²) in [7, 11) is 0. The van der Waals surface area contributed by atoms with E-state index in [2.05, 4.69) is 46.5 Å². The van der Waals surface area contributed by atoms with Crippen LogP contribution in [0.4, 0.5) is 5.69 Å². The van der Waals surface area contributed by atoms with Gasteiger partial charge in [-0.1, -0.05) is 20.3 Å². The third-order valence-electron chi connectivity index (χ3n) is 8.31. The minimum atomic E-state index is -0.171. The van der Waals surface area contributed by atoms with Crippen molar-refractivity contribution < 1.29 is 9.53 Å². The van der Waals surface area contributed by atoms with Gasteiger partial charge in [-0.15, -0.1) is 0 Å². The third-order valence-corrected chi connectivity index (χ3v) is 9.15. The molecule has 0 atom stereocenters. The quantitative estimate of drug-likeness (QED) is 0.428. The Morgan fingerprint density at radius 2 is 1.70 bits per heavy atom. The lowest BCUT2D eigenvalue weighted by Gasteiger charge is -2.48. The SMILES string of the molecule is Cc1nc(CN2CCC3(CCC3)CC2)c(Br)c(N2CCC(C)(C)CC2)c1CC(=O)OC(C)C. The van der Waals surface area contributed by atoms with Crippen molar-refractivity contribution in [2.75, 3.05) is 31.1 Å². The maximum Gasteiger partial charge on any atom is 0.310 e. The average Bonchev–Trinajstić information content (AvgIpc) is 2.71. The Morgan fingerprint density at radius 3 is 2.24 bits per heavy atom. The molecular weight excluding hydrogens is 478 g/mol. The number of rotatable bonds is 6. The molecule has 0 unspecified atom stereocenters. The molecular formula is C27H42BrN3O2. The summed E-state index contributed by atoms with van der Waals surface area (Å²) in [6, 6.07) is 0. The molecule has 0 aromatic carbocycles. The van der Waals surface area contributed by atoms with Crippen molar-refractivity contribution in [3.8, 4) is 0 Å². The Hall–Kier alpha value is -1.14. The molecule has 0 N–H and O–H groups in total. The molecule has 184 valence electrons. The zero-order valence-electron chi connectivity index (χ0n) is 21.3. The van der Waals surface area contributed by atoms with Crippen LogP contribution in [0, 0.1) is 17.8 Å². The Bertz CT molecular complexity index is 859. The minimum absolute atomic E-state index is 0.106. The summed E-state index contributed by atoms with van der Waals surface area (Å²) in [5.74, 6) is -0.171. The van der Waals surface area contributed by atoms with E-state index in [4.69, 9.17) is 9.72 Å². The first kappa shape index (κ1) is 25.0. The lowest BCUT2D eigenvalue weighted by atomic mass is 9.63. The van der Waals surface area contributed by atoms with Crippen LogP contribution < -0.4 is 4.90 Å². The number of ether oxygens (including phenoxy) is 1. The zero-order valence-corrected chi connectivity index (χ0v) is 22.9. The molecule has 33 heavy (non-hydrogen) atoms. The van der Waals surface area contributed by atoms with Gasteiger partial charge in [0.25, 0.3) is 0 Å². The monoisotopic (exact) mass is 519 g/mol. The number of esters is 1. The molecule has 2 saturated heterocycles. The Kier molecular flexibility index (Phi) is 7.45. The molecule has 0 amide bonds. The lowest BCUT2D eigenvalue weighted by Crippen LogP contribution is -2.43. The van der Waals surface area contributed by atoms with Gasteiger partial charge in [0.05, 0.1) is 28.4 Å². The van der Waals surface area contributed by atoms with Crippen LogP contribution in [0.15, 0.2) is 4.47 Å². The van der Waals surface area contributed by atoms with Crippen LogP contribution in [-0.4, -0.2) is 48.1 Å². The molecule has 2 aliphatic heterocycles. The van der Waals surface area contributed by atoms with E-state index >= 15 is 0 Å². The lowest BCUT2D eigenvalue weighted by molar-refractivity contribution is -0.146. The molecule has 1 spiro atoms. The molecule has 1 aromatic heterocycles. The topological polar surface area (TPSA) is 45.7 Å². The summed E-state index contributed by atoms with van der Waals surface area (Å²) >= 11 is 3.96. The van der Waals surface area contributed by atoms with Gasteiger partial charge in [0, 0.05) is 30.9 Å². The van der Waals surface area contributed by atoms with Crippen molar-refractivity contribution in [2.24, 2.45) is 10.8 Å². The van der Waals surface area contributed by atoms with Gasteiger partial charge in [-0.05, 0) is 99.1 Å². The molecule has 0 radical (unpaired) electrons. The molecule has 1 saturated carbocycles. The summed E-state index contributed by atoms with van der Waals surface area (Å²) in [4.78, 5) is 22.7. The molecule has 1 aliphatic carbocycles. The van der Waals surface area contributed by atoms with Gasteiger partial charge in [0.1, 0.15) is 0 Å². The standard InChI is InChI=1S/C27H42BrN3O2/c1-19(2)33-23(32)17-21-20(3)29-22(18-30-13-11-27(12-14-30)7-6-8-27)24(28)25(21)31-15-9-26(4,5)10-16-31/h19H,6-18H2,1-5H3. The van der Waals surface area contributed by atoms with Crippen molar-refractivity contribution in [3.05, 3.63) is 21.4 Å². The van der Waals surface area contributed by atoms with Crippen molar-refractivity contribution in [1.82, 2.24) is 9.88 Å². The maximum atomic E-state index is 12.6. The van der Waals surface area contributed by atoms with Crippen LogP contribution in [0.25, 0.3) is 0 Å². The summed E-state index contributed by atoms with van der Waals surface area (Å²) in [6.07, 6.45) is 9.41. The molecule has 5 nitrogen and oxygen atoms in total. The Labute approximate surface area is 208 Å². The summed E-state index contributed by atoms with van der Waals surface area (Å²) < 4.78 is 6.58. The Balaban J connectivity index is 1.59. The van der Waals surface area contributed by atoms with E-state index < -0.39 is 0 Å². The van der Waals surface area contributed by atoms with Crippen molar-refractivity contribution in [1.29, 1.82) is 0 Å². The van der Waals surface area contributed by atoms with E-state index in [1.54, 1.807) is 0 Å². The second-order valence-corrected chi connectivity index (χ2v) is 12.6. The molecule has 0 bridgehead atoms. The Morgan fingerprint density at radius 1 is 1.06 bits per heavy atom. The molecule has 3 heterocycles. The predicted octanol–water partition coefficient (Wildman–Crippen LogP) is 6.04. The molecule has 4 rings (SSSR count). The van der Waals surface area contributed by atoms with Gasteiger partial charge in [0.2, 0.25) is 0 Å². The fraction of sp³-hybridized carbons (Fsp3) is 0.778. The molecule has 6 heteroatoms. The number of carbonyl (C=O) groups is 1. The number of hydrogen-bond donors (Lipinski definition) is 0. The van der Waals surface area contributed by atoms with Gasteiger partial charge < -0.3 is 9.64 Å². The highest BCUT2D eigenvalue weighted by atomic mass is 79.9. The largest absolute Gasteiger partial charge is 0.463 e. The number of carbonyl (C=O) groups excluding carboxylic acids is 1. The van der Waals surface area contributed by atoms with E-state index in [0.717, 1.165) is 53.9 Å². The maximum absolute atomic E-state index is 12.6. The number of hydrogen-bond acceptors (Lipinski definition) is 5. The van der Waals surface area contributed by atoms with Crippen LogP contribution in [0.1, 0.15) is 89.6 Å². The summed E-state index contributed by atoms with van der Waals surface area (Å²) in [5.41, 5.74) is 5.28. The van der Waals surface area contributed by atoms with Gasteiger partial charge in [-0.2, -0.15) is 0 Å². The van der Waals surface area contributed by atoms with Crippen molar-refractivity contribution in [2.45, 2.75) is 98.6 Å². The molecule has 3 aliphatic rings. The van der Waals surface area contributed by atoms with Crippen LogP contribution in [-0.2, 0) is 22.5 Å². The number of anilines is 1. The smallest absolute Gasteiger partial charge is 0.310 e. The number of likely N-dealkylation sites (tertiary alicyclic amines) is 1. The number of piperidine rings is 2. The predicted molar refractivity (Wildman–Crippen MR) is 138 cm³/mol. The number of halogens is 1. The summed E-state index contributed by atoms with van der Waals surface area (Å²) in [5, 5.41) is 0. The van der Waals surface area contributed by atoms with E-state index in [9.17, 15) is 4.79 Å². The number of aromatic nitrogens is 1. The highest BCUT2D eigenvalue weighted by Crippen LogP contribution is 2.49. The second-order valence-electron chi connectivity index (χ2n) is 11.8. The highest BCUT2D eigenvalue weighted by Gasteiger charge is 2.39. The molecule has 1 aromatic rings. The van der Waals surface area contributed by atoms with Gasteiger partial charge in [-0.3, -0.25) is 14.7 Å². The third kappa shape index (κ3) is 5.75. The van der Waals surface area contributed by atoms with E-state index in [1.807, 2.05) is 13.8 Å². The van der Waals surface area contributed by atoms with E-state index in [-0.39, 0.29) is 18.5 Å². The fourth-order valence-electron chi connectivity index (χ4n) is 5.76. The number of nitrogens with zero attached hydrogens (tertiary/aromatic N) is 3. The second kappa shape index (κ2) is 9.85. The van der Waals surface area contributed by atoms with Crippen LogP contribution in [0.2, 0.25) is 0 Å². The summed E-state index contributed by atoms with van der Waals surface area (Å²) in [6.45, 7) is 15.8. The first-order valence-corrected chi connectivity index (χ1v) is 13.7. The fourth-order valence-corrected chi connectivity index (χ4v) is 6.47. The first-order chi connectivity index (χ1) is 15.6. The van der Waals surface area contributed by atoms with Gasteiger partial charge in [-0.25, -0.2) is 0 Å². The average molecular weight is 521 g/mol. The first-order valence-electron chi connectivity index (χ1n) is 12.9. The van der Waals surface area contributed by atoms with Crippen molar-refractivity contribution in [3.63, 3.8) is 0 Å². The molecule has 3 fully saturated rings. The van der Waals surface area contributed by atoms with Crippen LogP contribution in [0.5, 0.6) is 0 Å². The number of pyridine rings is 1. The van der Waals surface area contributed by atoms with Crippen LogP contribution >= 0.6 is 15.9 Å². The minimum Gasteiger partial charge on any atom is -0.463 e. The zero-order chi connectivity index (χ0) is 23.8. The van der Waals surface area contributed by atoms with Gasteiger partial charge >= 0.3 is 5.97 Å². The normalized spacial score (nSPS) is 22.5. The van der Waals surface area contributed by atoms with E-state index in [1.165, 1.54) is 50.9 Å². The highest BCUT2D eigenvalue weighted by molar-refractivity contribution is 9.10. The van der Waals surface area contributed by atoms with Gasteiger partial charge in [0.15, 0.2) is 0 Å².